The Morgan fingerprint density at radius 2 is 1.88 bits per heavy atom. The first kappa shape index (κ1) is 12.4. The van der Waals surface area contributed by atoms with E-state index in [1.54, 1.807) is 0 Å². The lowest BCUT2D eigenvalue weighted by molar-refractivity contribution is -0.138. The monoisotopic (exact) mass is 221 g/mol. The van der Waals surface area contributed by atoms with E-state index < -0.39 is 11.8 Å². The van der Waals surface area contributed by atoms with Gasteiger partial charge in [-0.25, -0.2) is 5.48 Å². The van der Waals surface area contributed by atoms with Crippen molar-refractivity contribution in [3.05, 3.63) is 35.4 Å². The van der Waals surface area contributed by atoms with Crippen LogP contribution in [0.3, 0.4) is 0 Å². The maximum atomic E-state index is 11.6. The molecule has 0 aliphatic rings. The number of aryl methyl sites for hydroxylation is 1. The molecule has 0 saturated heterocycles. The number of carbonyl (C=O) groups excluding carboxylic acids is 2. The average Bonchev–Trinajstić information content (AvgIpc) is 2.30. The molecule has 0 heterocycles. The van der Waals surface area contributed by atoms with Crippen LogP contribution in [-0.2, 0) is 16.0 Å². The molecular weight excluding hydrogens is 206 g/mol. The Labute approximate surface area is 94.2 Å². The minimum atomic E-state index is -0.827. The van der Waals surface area contributed by atoms with E-state index in [0.29, 0.717) is 0 Å². The molecule has 4 heteroatoms. The number of rotatable bonds is 4. The highest BCUT2D eigenvalue weighted by molar-refractivity contribution is 6.01. The molecule has 16 heavy (non-hydrogen) atoms. The van der Waals surface area contributed by atoms with Crippen molar-refractivity contribution in [1.82, 2.24) is 5.48 Å². The summed E-state index contributed by atoms with van der Waals surface area (Å²) in [5.41, 5.74) is 3.47. The number of ketones is 1. The molecule has 1 aromatic rings. The number of nitrogens with one attached hydrogen (secondary N) is 1. The summed E-state index contributed by atoms with van der Waals surface area (Å²) >= 11 is 0. The quantitative estimate of drug-likeness (QED) is 0.457. The number of amides is 1. The molecule has 4 nitrogen and oxygen atoms in total. The second-order valence-corrected chi connectivity index (χ2v) is 3.83. The van der Waals surface area contributed by atoms with Gasteiger partial charge in [-0.15, -0.1) is 0 Å². The van der Waals surface area contributed by atoms with E-state index >= 15 is 0 Å². The molecule has 1 aromatic carbocycles. The molecular formula is C12H15NO3. The van der Waals surface area contributed by atoms with Gasteiger partial charge in [0.15, 0.2) is 0 Å². The molecule has 1 unspecified atom stereocenters. The maximum Gasteiger partial charge on any atom is 0.253 e. The molecule has 0 aliphatic heterocycles. The molecule has 2 N–H and O–H groups in total. The van der Waals surface area contributed by atoms with Gasteiger partial charge in [0.1, 0.15) is 5.78 Å². The van der Waals surface area contributed by atoms with E-state index in [1.165, 1.54) is 12.4 Å². The summed E-state index contributed by atoms with van der Waals surface area (Å²) in [6, 6.07) is 7.55. The van der Waals surface area contributed by atoms with E-state index in [9.17, 15) is 9.59 Å². The number of hydroxylamine groups is 1. The summed E-state index contributed by atoms with van der Waals surface area (Å²) in [6.45, 7) is 3.44. The zero-order chi connectivity index (χ0) is 12.1. The molecule has 1 atom stereocenters. The highest BCUT2D eigenvalue weighted by Crippen LogP contribution is 2.08. The van der Waals surface area contributed by atoms with Crippen molar-refractivity contribution in [2.75, 3.05) is 0 Å². The topological polar surface area (TPSA) is 66.4 Å². The smallest absolute Gasteiger partial charge is 0.253 e. The lowest BCUT2D eigenvalue weighted by Crippen LogP contribution is -2.32. The predicted molar refractivity (Wildman–Crippen MR) is 59.0 cm³/mol. The standard InChI is InChI=1S/C12H15NO3/c1-8-3-5-10(6-4-8)7-11(14)9(2)12(15)13-16/h3-6,9,16H,7H2,1-2H3,(H,13,15). The molecule has 1 amide bonds. The van der Waals surface area contributed by atoms with Crippen molar-refractivity contribution in [3.63, 3.8) is 0 Å². The van der Waals surface area contributed by atoms with Crippen molar-refractivity contribution >= 4 is 11.7 Å². The molecule has 0 aliphatic carbocycles. The fourth-order valence-corrected chi connectivity index (χ4v) is 1.30. The SMILES string of the molecule is Cc1ccc(CC(=O)C(C)C(=O)NO)cc1. The first-order chi connectivity index (χ1) is 7.54. The molecule has 0 bridgehead atoms. The fourth-order valence-electron chi connectivity index (χ4n) is 1.30. The molecule has 0 spiro atoms. The van der Waals surface area contributed by atoms with E-state index in [4.69, 9.17) is 5.21 Å². The number of carbonyl (C=O) groups is 2. The number of benzene rings is 1. The van der Waals surface area contributed by atoms with Crippen LogP contribution in [0.4, 0.5) is 0 Å². The Balaban J connectivity index is 2.64. The van der Waals surface area contributed by atoms with Crippen LogP contribution in [0.2, 0.25) is 0 Å². The largest absolute Gasteiger partial charge is 0.298 e. The number of hydrogen-bond donors (Lipinski definition) is 2. The van der Waals surface area contributed by atoms with Gasteiger partial charge in [-0.1, -0.05) is 29.8 Å². The third-order valence-electron chi connectivity index (χ3n) is 2.49. The summed E-state index contributed by atoms with van der Waals surface area (Å²) < 4.78 is 0. The van der Waals surface area contributed by atoms with Crippen LogP contribution in [-0.4, -0.2) is 16.9 Å². The van der Waals surface area contributed by atoms with Gasteiger partial charge in [-0.05, 0) is 19.4 Å². The highest BCUT2D eigenvalue weighted by atomic mass is 16.5. The van der Waals surface area contributed by atoms with Crippen LogP contribution in [0.5, 0.6) is 0 Å². The molecule has 0 fully saturated rings. The van der Waals surface area contributed by atoms with Crippen LogP contribution in [0.25, 0.3) is 0 Å². The van der Waals surface area contributed by atoms with Gasteiger partial charge in [0.25, 0.3) is 5.91 Å². The van der Waals surface area contributed by atoms with Gasteiger partial charge in [0, 0.05) is 6.42 Å². The second kappa shape index (κ2) is 5.42. The summed E-state index contributed by atoms with van der Waals surface area (Å²) in [7, 11) is 0. The van der Waals surface area contributed by atoms with Crippen molar-refractivity contribution in [2.45, 2.75) is 20.3 Å². The summed E-state index contributed by atoms with van der Waals surface area (Å²) in [6.07, 6.45) is 0.203. The summed E-state index contributed by atoms with van der Waals surface area (Å²) in [5, 5.41) is 8.40. The Bertz CT molecular complexity index is 384. The van der Waals surface area contributed by atoms with Crippen LogP contribution in [0.1, 0.15) is 18.1 Å². The molecule has 86 valence electrons. The van der Waals surface area contributed by atoms with Gasteiger partial charge in [-0.3, -0.25) is 14.8 Å². The molecule has 1 rings (SSSR count). The lowest BCUT2D eigenvalue weighted by Gasteiger charge is -2.08. The van der Waals surface area contributed by atoms with Crippen molar-refractivity contribution < 1.29 is 14.8 Å². The van der Waals surface area contributed by atoms with Crippen LogP contribution in [0.15, 0.2) is 24.3 Å². The van der Waals surface area contributed by atoms with Crippen LogP contribution in [0, 0.1) is 12.8 Å². The minimum Gasteiger partial charge on any atom is -0.298 e. The normalized spacial score (nSPS) is 11.9. The van der Waals surface area contributed by atoms with Crippen molar-refractivity contribution in [1.29, 1.82) is 0 Å². The van der Waals surface area contributed by atoms with Crippen molar-refractivity contribution in [3.8, 4) is 0 Å². The van der Waals surface area contributed by atoms with E-state index in [-0.39, 0.29) is 12.2 Å². The number of Topliss-reactive ketones (excluding diaryl/α,β-unsaturated/α-hetero) is 1. The third kappa shape index (κ3) is 3.17. The summed E-state index contributed by atoms with van der Waals surface area (Å²) in [4.78, 5) is 22.6. The molecule has 0 radical (unpaired) electrons. The Hall–Kier alpha value is -1.68. The van der Waals surface area contributed by atoms with E-state index in [2.05, 4.69) is 0 Å². The molecule has 0 saturated carbocycles. The molecule has 0 aromatic heterocycles. The van der Waals surface area contributed by atoms with E-state index in [1.807, 2.05) is 31.2 Å². The first-order valence-electron chi connectivity index (χ1n) is 5.07. The second-order valence-electron chi connectivity index (χ2n) is 3.83. The number of hydrogen-bond acceptors (Lipinski definition) is 3. The zero-order valence-corrected chi connectivity index (χ0v) is 9.36. The van der Waals surface area contributed by atoms with Gasteiger partial charge < -0.3 is 0 Å². The zero-order valence-electron chi connectivity index (χ0n) is 9.36. The minimum absolute atomic E-state index is 0.203. The first-order valence-corrected chi connectivity index (χ1v) is 5.07. The third-order valence-corrected chi connectivity index (χ3v) is 2.49. The summed E-state index contributed by atoms with van der Waals surface area (Å²) in [5.74, 6) is -1.71. The van der Waals surface area contributed by atoms with Gasteiger partial charge >= 0.3 is 0 Å². The average molecular weight is 221 g/mol. The van der Waals surface area contributed by atoms with Gasteiger partial charge in [0.05, 0.1) is 5.92 Å². The van der Waals surface area contributed by atoms with Crippen LogP contribution >= 0.6 is 0 Å². The van der Waals surface area contributed by atoms with Crippen LogP contribution < -0.4 is 5.48 Å². The Morgan fingerprint density at radius 3 is 2.38 bits per heavy atom. The fraction of sp³-hybridized carbons (Fsp3) is 0.333. The lowest BCUT2D eigenvalue weighted by atomic mass is 9.98. The van der Waals surface area contributed by atoms with Gasteiger partial charge in [-0.2, -0.15) is 0 Å². The maximum absolute atomic E-state index is 11.6. The Morgan fingerprint density at radius 1 is 1.31 bits per heavy atom. The Kier molecular flexibility index (Phi) is 4.19. The predicted octanol–water partition coefficient (Wildman–Crippen LogP) is 1.25. The van der Waals surface area contributed by atoms with Crippen molar-refractivity contribution in [2.24, 2.45) is 5.92 Å². The highest BCUT2D eigenvalue weighted by Gasteiger charge is 2.20. The van der Waals surface area contributed by atoms with Gasteiger partial charge in [0.2, 0.25) is 0 Å². The van der Waals surface area contributed by atoms with E-state index in [0.717, 1.165) is 11.1 Å².